The van der Waals surface area contributed by atoms with Gasteiger partial charge < -0.3 is 10.0 Å². The number of aliphatic hydroxyl groups is 1. The van der Waals surface area contributed by atoms with Gasteiger partial charge in [0.1, 0.15) is 0 Å². The van der Waals surface area contributed by atoms with Crippen molar-refractivity contribution in [2.24, 2.45) is 5.92 Å². The van der Waals surface area contributed by atoms with Crippen LogP contribution in [-0.4, -0.2) is 53.2 Å². The average Bonchev–Trinajstić information content (AvgIpc) is 3.54. The molecule has 0 saturated carbocycles. The molecule has 2 unspecified atom stereocenters. The molecule has 2 atom stereocenters. The van der Waals surface area contributed by atoms with Crippen LogP contribution in [0.5, 0.6) is 0 Å². The van der Waals surface area contributed by atoms with Crippen LogP contribution in [-0.2, 0) is 13.0 Å². The zero-order chi connectivity index (χ0) is 25.0. The summed E-state index contributed by atoms with van der Waals surface area (Å²) < 4.78 is 0. The third kappa shape index (κ3) is 6.47. The Morgan fingerprint density at radius 3 is 2.44 bits per heavy atom. The van der Waals surface area contributed by atoms with E-state index >= 15 is 0 Å². The molecule has 2 aromatic carbocycles. The Balaban J connectivity index is 1.15. The highest BCUT2D eigenvalue weighted by Gasteiger charge is 2.37. The van der Waals surface area contributed by atoms with Gasteiger partial charge in [0, 0.05) is 45.2 Å². The van der Waals surface area contributed by atoms with Crippen LogP contribution in [0.1, 0.15) is 59.4 Å². The van der Waals surface area contributed by atoms with Gasteiger partial charge in [0.25, 0.3) is 0 Å². The largest absolute Gasteiger partial charge is 0.390 e. The number of likely N-dealkylation sites (tertiary alicyclic amines) is 2. The Bertz CT molecular complexity index is 1090. The van der Waals surface area contributed by atoms with Crippen molar-refractivity contribution in [3.63, 3.8) is 0 Å². The number of benzene rings is 2. The summed E-state index contributed by atoms with van der Waals surface area (Å²) in [5, 5.41) is 15.8. The summed E-state index contributed by atoms with van der Waals surface area (Å²) in [6.07, 6.45) is 4.86. The quantitative estimate of drug-likeness (QED) is 0.365. The lowest BCUT2D eigenvalue weighted by molar-refractivity contribution is -0.0316. The lowest BCUT2D eigenvalue weighted by atomic mass is 9.84. The van der Waals surface area contributed by atoms with E-state index in [1.165, 1.54) is 27.8 Å². The van der Waals surface area contributed by atoms with Crippen LogP contribution in [0.3, 0.4) is 0 Å². The smallest absolute Gasteiger partial charge is 0.0672 e. The van der Waals surface area contributed by atoms with E-state index < -0.39 is 5.60 Å². The first-order valence-corrected chi connectivity index (χ1v) is 14.7. The van der Waals surface area contributed by atoms with Crippen LogP contribution in [0.25, 0.3) is 0 Å². The number of thiophene rings is 1. The minimum Gasteiger partial charge on any atom is -0.390 e. The second-order valence-electron chi connectivity index (χ2n) is 11.4. The summed E-state index contributed by atoms with van der Waals surface area (Å²) >= 11 is 1.82. The maximum Gasteiger partial charge on any atom is 0.0672 e. The molecule has 2 fully saturated rings. The molecule has 0 spiro atoms. The summed E-state index contributed by atoms with van der Waals surface area (Å²) in [6, 6.07) is 20.0. The highest BCUT2D eigenvalue weighted by atomic mass is 32.1. The number of hydrogen-bond acceptors (Lipinski definition) is 4. The first-order chi connectivity index (χ1) is 17.5. The summed E-state index contributed by atoms with van der Waals surface area (Å²) in [6.45, 7) is 10.9. The molecule has 0 radical (unpaired) electrons. The Kier molecular flexibility index (Phi) is 8.27. The number of nitrogens with zero attached hydrogens (tertiary/aromatic N) is 2. The molecule has 0 aliphatic carbocycles. The van der Waals surface area contributed by atoms with Crippen molar-refractivity contribution in [2.45, 2.75) is 64.0 Å². The maximum absolute atomic E-state index is 11.2. The van der Waals surface area contributed by atoms with Crippen molar-refractivity contribution in [3.8, 4) is 0 Å². The Hall–Kier alpha value is -1.98. The highest BCUT2D eigenvalue weighted by Crippen LogP contribution is 2.36. The fourth-order valence-corrected chi connectivity index (χ4v) is 7.02. The molecule has 4 heteroatoms. The highest BCUT2D eigenvalue weighted by molar-refractivity contribution is 7.08. The van der Waals surface area contributed by atoms with Gasteiger partial charge >= 0.3 is 0 Å². The van der Waals surface area contributed by atoms with Gasteiger partial charge in [0.15, 0.2) is 0 Å². The molecule has 192 valence electrons. The standard InChI is InChI=1S/C32H42N2OS/c1-25-10-11-28(19-26(25)2)20-34-22-30(31(23-34)29-12-18-36-24-29)21-33-16-14-32(35,15-17-33)13-6-9-27-7-4-3-5-8-27/h3-5,7-8,10-12,18-19,24,30-31,35H,6,9,13-17,20-23H2,1-2H3. The molecule has 0 amide bonds. The first kappa shape index (κ1) is 25.7. The van der Waals surface area contributed by atoms with E-state index in [0.717, 1.165) is 71.4 Å². The van der Waals surface area contributed by atoms with Gasteiger partial charge in [-0.1, -0.05) is 48.5 Å². The van der Waals surface area contributed by atoms with Crippen molar-refractivity contribution in [1.82, 2.24) is 9.80 Å². The maximum atomic E-state index is 11.2. The molecule has 0 bridgehead atoms. The van der Waals surface area contributed by atoms with Crippen molar-refractivity contribution < 1.29 is 5.11 Å². The number of aryl methyl sites for hydroxylation is 3. The molecular weight excluding hydrogens is 460 g/mol. The fourth-order valence-electron chi connectivity index (χ4n) is 6.30. The summed E-state index contributed by atoms with van der Waals surface area (Å²) in [4.78, 5) is 5.30. The summed E-state index contributed by atoms with van der Waals surface area (Å²) in [5.41, 5.74) is 6.61. The van der Waals surface area contributed by atoms with Gasteiger partial charge in [-0.2, -0.15) is 11.3 Å². The molecule has 3 heterocycles. The van der Waals surface area contributed by atoms with E-state index in [1.807, 2.05) is 11.3 Å². The van der Waals surface area contributed by atoms with E-state index in [0.29, 0.717) is 11.8 Å². The molecule has 2 aliphatic heterocycles. The second-order valence-corrected chi connectivity index (χ2v) is 12.2. The number of rotatable bonds is 9. The van der Waals surface area contributed by atoms with Crippen LogP contribution in [0.15, 0.2) is 65.4 Å². The Morgan fingerprint density at radius 2 is 1.72 bits per heavy atom. The topological polar surface area (TPSA) is 26.7 Å². The lowest BCUT2D eigenvalue weighted by Gasteiger charge is -2.39. The van der Waals surface area contributed by atoms with Gasteiger partial charge in [0.05, 0.1) is 5.60 Å². The Morgan fingerprint density at radius 1 is 0.917 bits per heavy atom. The van der Waals surface area contributed by atoms with Crippen molar-refractivity contribution in [1.29, 1.82) is 0 Å². The molecule has 1 N–H and O–H groups in total. The molecule has 36 heavy (non-hydrogen) atoms. The van der Waals surface area contributed by atoms with Gasteiger partial charge in [0.2, 0.25) is 0 Å². The van der Waals surface area contributed by atoms with Gasteiger partial charge in [-0.05, 0) is 96.5 Å². The monoisotopic (exact) mass is 502 g/mol. The minimum atomic E-state index is -0.483. The average molecular weight is 503 g/mol. The van der Waals surface area contributed by atoms with Gasteiger partial charge in [-0.25, -0.2) is 0 Å². The molecular formula is C32H42N2OS. The second kappa shape index (κ2) is 11.6. The fraction of sp³-hybridized carbons (Fsp3) is 0.500. The molecule has 1 aromatic heterocycles. The third-order valence-corrected chi connectivity index (χ3v) is 9.40. The van der Waals surface area contributed by atoms with E-state index in [-0.39, 0.29) is 0 Å². The summed E-state index contributed by atoms with van der Waals surface area (Å²) in [5.74, 6) is 1.25. The normalized spacial score (nSPS) is 22.8. The predicted octanol–water partition coefficient (Wildman–Crippen LogP) is 6.43. The first-order valence-electron chi connectivity index (χ1n) is 13.8. The van der Waals surface area contributed by atoms with Gasteiger partial charge in [-0.15, -0.1) is 0 Å². The van der Waals surface area contributed by atoms with Crippen molar-refractivity contribution >= 4 is 11.3 Å². The lowest BCUT2D eigenvalue weighted by Crippen LogP contribution is -2.46. The predicted molar refractivity (Wildman–Crippen MR) is 152 cm³/mol. The third-order valence-electron chi connectivity index (χ3n) is 8.70. The zero-order valence-electron chi connectivity index (χ0n) is 22.0. The van der Waals surface area contributed by atoms with E-state index in [4.69, 9.17) is 0 Å². The van der Waals surface area contributed by atoms with Crippen molar-refractivity contribution in [3.05, 3.63) is 93.2 Å². The zero-order valence-corrected chi connectivity index (χ0v) is 22.9. The number of hydrogen-bond donors (Lipinski definition) is 1. The molecule has 2 saturated heterocycles. The van der Waals surface area contributed by atoms with Crippen LogP contribution in [0, 0.1) is 19.8 Å². The molecule has 5 rings (SSSR count). The van der Waals surface area contributed by atoms with Gasteiger partial charge in [-0.3, -0.25) is 4.90 Å². The number of piperidine rings is 1. The van der Waals surface area contributed by atoms with Crippen LogP contribution in [0.2, 0.25) is 0 Å². The van der Waals surface area contributed by atoms with Crippen molar-refractivity contribution in [2.75, 3.05) is 32.7 Å². The summed E-state index contributed by atoms with van der Waals surface area (Å²) in [7, 11) is 0. The van der Waals surface area contributed by atoms with Crippen LogP contribution >= 0.6 is 11.3 Å². The molecule has 2 aliphatic rings. The molecule has 3 aromatic rings. The molecule has 3 nitrogen and oxygen atoms in total. The van der Waals surface area contributed by atoms with E-state index in [2.05, 4.69) is 89.0 Å². The van der Waals surface area contributed by atoms with E-state index in [1.54, 1.807) is 0 Å². The minimum absolute atomic E-state index is 0.483. The van der Waals surface area contributed by atoms with Crippen LogP contribution < -0.4 is 0 Å². The Labute approximate surface area is 221 Å². The SMILES string of the molecule is Cc1ccc(CN2CC(CN3CCC(O)(CCCc4ccccc4)CC3)C(c3ccsc3)C2)cc1C. The van der Waals surface area contributed by atoms with E-state index in [9.17, 15) is 5.11 Å². The van der Waals surface area contributed by atoms with Crippen LogP contribution in [0.4, 0.5) is 0 Å².